The molecule has 3 rings (SSSR count). The van der Waals surface area contributed by atoms with Crippen molar-refractivity contribution in [3.63, 3.8) is 0 Å². The predicted octanol–water partition coefficient (Wildman–Crippen LogP) is 3.55. The summed E-state index contributed by atoms with van der Waals surface area (Å²) in [5, 5.41) is 4.03. The summed E-state index contributed by atoms with van der Waals surface area (Å²) in [4.78, 5) is 4.43. The molecule has 0 unspecified atom stereocenters. The van der Waals surface area contributed by atoms with E-state index in [0.717, 1.165) is 21.2 Å². The van der Waals surface area contributed by atoms with Crippen LogP contribution in [0.3, 0.4) is 0 Å². The second-order valence-corrected chi connectivity index (χ2v) is 5.64. The van der Waals surface area contributed by atoms with Crippen molar-refractivity contribution in [2.45, 2.75) is 13.0 Å². The van der Waals surface area contributed by atoms with E-state index in [9.17, 15) is 0 Å². The van der Waals surface area contributed by atoms with Crippen molar-refractivity contribution in [2.24, 2.45) is 5.73 Å². The highest BCUT2D eigenvalue weighted by Gasteiger charge is 2.09. The molecule has 0 atom stereocenters. The van der Waals surface area contributed by atoms with Crippen molar-refractivity contribution in [2.75, 3.05) is 0 Å². The minimum absolute atomic E-state index is 0.527. The van der Waals surface area contributed by atoms with Gasteiger partial charge in [0.1, 0.15) is 0 Å². The molecule has 1 aromatic heterocycles. The Kier molecular flexibility index (Phi) is 4.13. The molecular formula is C16H14BrN3O. The Balaban J connectivity index is 1.77. The fraction of sp³-hybridized carbons (Fsp3) is 0.125. The zero-order valence-corrected chi connectivity index (χ0v) is 12.9. The van der Waals surface area contributed by atoms with E-state index in [1.165, 1.54) is 0 Å². The zero-order valence-electron chi connectivity index (χ0n) is 11.3. The Morgan fingerprint density at radius 2 is 1.62 bits per heavy atom. The number of benzene rings is 2. The maximum Gasteiger partial charge on any atom is 0.257 e. The lowest BCUT2D eigenvalue weighted by Gasteiger charge is -1.97. The lowest BCUT2D eigenvalue weighted by molar-refractivity contribution is 0.424. The maximum absolute atomic E-state index is 5.58. The Morgan fingerprint density at radius 1 is 0.952 bits per heavy atom. The average molecular weight is 344 g/mol. The standard InChI is InChI=1S/C16H14BrN3O/c17-14-7-3-11(4-8-14)9-15-19-16(21-20-15)13-5-1-12(10-18)2-6-13/h1-8H,9-10,18H2. The van der Waals surface area contributed by atoms with Gasteiger partial charge in [-0.25, -0.2) is 0 Å². The molecule has 106 valence electrons. The van der Waals surface area contributed by atoms with Crippen LogP contribution in [0.4, 0.5) is 0 Å². The summed E-state index contributed by atoms with van der Waals surface area (Å²) in [6.07, 6.45) is 0.650. The second-order valence-electron chi connectivity index (χ2n) is 4.72. The van der Waals surface area contributed by atoms with Gasteiger partial charge in [-0.2, -0.15) is 4.98 Å². The summed E-state index contributed by atoms with van der Waals surface area (Å²) in [6, 6.07) is 15.9. The van der Waals surface area contributed by atoms with Crippen molar-refractivity contribution < 1.29 is 4.52 Å². The van der Waals surface area contributed by atoms with E-state index < -0.39 is 0 Å². The molecule has 0 radical (unpaired) electrons. The smallest absolute Gasteiger partial charge is 0.257 e. The van der Waals surface area contributed by atoms with E-state index in [-0.39, 0.29) is 0 Å². The van der Waals surface area contributed by atoms with Crippen LogP contribution >= 0.6 is 15.9 Å². The molecule has 3 aromatic rings. The highest BCUT2D eigenvalue weighted by molar-refractivity contribution is 9.10. The average Bonchev–Trinajstić information content (AvgIpc) is 2.98. The molecule has 0 spiro atoms. The van der Waals surface area contributed by atoms with Gasteiger partial charge in [0, 0.05) is 23.0 Å². The van der Waals surface area contributed by atoms with Gasteiger partial charge < -0.3 is 10.3 Å². The molecule has 0 aliphatic carbocycles. The van der Waals surface area contributed by atoms with Gasteiger partial charge >= 0.3 is 0 Å². The van der Waals surface area contributed by atoms with Crippen molar-refractivity contribution in [3.8, 4) is 11.5 Å². The fourth-order valence-corrected chi connectivity index (χ4v) is 2.28. The molecular weight excluding hydrogens is 330 g/mol. The van der Waals surface area contributed by atoms with Gasteiger partial charge in [-0.15, -0.1) is 0 Å². The fourth-order valence-electron chi connectivity index (χ4n) is 2.01. The van der Waals surface area contributed by atoms with Crippen LogP contribution in [-0.4, -0.2) is 10.1 Å². The number of nitrogens with zero attached hydrogens (tertiary/aromatic N) is 2. The Morgan fingerprint density at radius 3 is 2.29 bits per heavy atom. The van der Waals surface area contributed by atoms with Gasteiger partial charge in [-0.1, -0.05) is 45.4 Å². The first-order valence-corrected chi connectivity index (χ1v) is 7.40. The highest BCUT2D eigenvalue weighted by atomic mass is 79.9. The summed E-state index contributed by atoms with van der Waals surface area (Å²) in [6.45, 7) is 0.527. The summed E-state index contributed by atoms with van der Waals surface area (Å²) in [7, 11) is 0. The van der Waals surface area contributed by atoms with Crippen LogP contribution in [0.1, 0.15) is 17.0 Å². The van der Waals surface area contributed by atoms with Gasteiger partial charge in [0.2, 0.25) is 0 Å². The van der Waals surface area contributed by atoms with Crippen molar-refractivity contribution in [3.05, 3.63) is 70.0 Å². The van der Waals surface area contributed by atoms with Crippen molar-refractivity contribution >= 4 is 15.9 Å². The summed E-state index contributed by atoms with van der Waals surface area (Å²) in [5.41, 5.74) is 8.71. The van der Waals surface area contributed by atoms with Crippen molar-refractivity contribution in [1.82, 2.24) is 10.1 Å². The van der Waals surface area contributed by atoms with Crippen LogP contribution in [0.5, 0.6) is 0 Å². The molecule has 0 saturated heterocycles. The summed E-state index contributed by atoms with van der Waals surface area (Å²) >= 11 is 3.42. The topological polar surface area (TPSA) is 64.9 Å². The number of hydrogen-bond acceptors (Lipinski definition) is 4. The molecule has 0 amide bonds. The third-order valence-corrected chi connectivity index (χ3v) is 3.71. The van der Waals surface area contributed by atoms with Crippen LogP contribution in [0, 0.1) is 0 Å². The van der Waals surface area contributed by atoms with Crippen molar-refractivity contribution in [1.29, 1.82) is 0 Å². The van der Waals surface area contributed by atoms with Crippen LogP contribution < -0.4 is 5.73 Å². The molecule has 0 fully saturated rings. The van der Waals surface area contributed by atoms with Crippen LogP contribution in [-0.2, 0) is 13.0 Å². The summed E-state index contributed by atoms with van der Waals surface area (Å²) in [5.74, 6) is 1.21. The van der Waals surface area contributed by atoms with Crippen LogP contribution in [0.2, 0.25) is 0 Å². The largest absolute Gasteiger partial charge is 0.334 e. The van der Waals surface area contributed by atoms with Gasteiger partial charge in [-0.05, 0) is 35.4 Å². The van der Waals surface area contributed by atoms with Gasteiger partial charge in [-0.3, -0.25) is 0 Å². The molecule has 0 aliphatic heterocycles. The minimum Gasteiger partial charge on any atom is -0.334 e. The van der Waals surface area contributed by atoms with Gasteiger partial charge in [0.15, 0.2) is 5.82 Å². The van der Waals surface area contributed by atoms with E-state index >= 15 is 0 Å². The number of halogens is 1. The number of rotatable bonds is 4. The van der Waals surface area contributed by atoms with Crippen LogP contribution in [0.25, 0.3) is 11.5 Å². The monoisotopic (exact) mass is 343 g/mol. The van der Waals surface area contributed by atoms with E-state index in [0.29, 0.717) is 24.7 Å². The van der Waals surface area contributed by atoms with E-state index in [4.69, 9.17) is 10.3 Å². The van der Waals surface area contributed by atoms with Crippen LogP contribution in [0.15, 0.2) is 57.5 Å². The quantitative estimate of drug-likeness (QED) is 0.786. The second kappa shape index (κ2) is 6.20. The van der Waals surface area contributed by atoms with E-state index in [2.05, 4.69) is 26.1 Å². The predicted molar refractivity (Wildman–Crippen MR) is 84.6 cm³/mol. The molecule has 21 heavy (non-hydrogen) atoms. The molecule has 2 N–H and O–H groups in total. The molecule has 4 nitrogen and oxygen atoms in total. The Bertz CT molecular complexity index is 720. The molecule has 1 heterocycles. The Hall–Kier alpha value is -1.98. The maximum atomic E-state index is 5.58. The van der Waals surface area contributed by atoms with E-state index in [1.54, 1.807) is 0 Å². The van der Waals surface area contributed by atoms with E-state index in [1.807, 2.05) is 48.5 Å². The number of aromatic nitrogens is 2. The third-order valence-electron chi connectivity index (χ3n) is 3.18. The Labute approximate surface area is 131 Å². The van der Waals surface area contributed by atoms with Gasteiger partial charge in [0.05, 0.1) is 0 Å². The zero-order chi connectivity index (χ0) is 14.7. The lowest BCUT2D eigenvalue weighted by Crippen LogP contribution is -1.95. The molecule has 0 aliphatic rings. The first-order chi connectivity index (χ1) is 10.2. The number of nitrogens with two attached hydrogens (primary N) is 1. The van der Waals surface area contributed by atoms with Gasteiger partial charge in [0.25, 0.3) is 5.89 Å². The first kappa shape index (κ1) is 14.0. The number of hydrogen-bond donors (Lipinski definition) is 1. The normalized spacial score (nSPS) is 10.8. The molecule has 2 aromatic carbocycles. The highest BCUT2D eigenvalue weighted by Crippen LogP contribution is 2.19. The summed E-state index contributed by atoms with van der Waals surface area (Å²) < 4.78 is 6.37. The minimum atomic E-state index is 0.527. The molecule has 0 saturated carbocycles. The molecule has 0 bridgehead atoms. The third kappa shape index (κ3) is 3.37. The first-order valence-electron chi connectivity index (χ1n) is 6.61. The molecule has 5 heteroatoms. The SMILES string of the molecule is NCc1ccc(-c2nc(Cc3ccc(Br)cc3)no2)cc1. The lowest BCUT2D eigenvalue weighted by atomic mass is 10.1.